The van der Waals surface area contributed by atoms with Crippen molar-refractivity contribution >= 4 is 11.4 Å². The highest BCUT2D eigenvalue weighted by Crippen LogP contribution is 1.96. The Labute approximate surface area is 62.4 Å². The smallest absolute Gasteiger partial charge is 0.102 e. The van der Waals surface area contributed by atoms with E-state index in [2.05, 4.69) is 15.5 Å². The summed E-state index contributed by atoms with van der Waals surface area (Å²) in [6.07, 6.45) is 6.08. The summed E-state index contributed by atoms with van der Waals surface area (Å²) in [5, 5.41) is 16.8. The molecule has 0 radical (unpaired) electrons. The molecule has 0 saturated heterocycles. The van der Waals surface area contributed by atoms with Crippen LogP contribution in [0.4, 0.5) is 0 Å². The van der Waals surface area contributed by atoms with Crippen LogP contribution >= 0.6 is 0 Å². The molecular weight excluding hydrogens is 146 g/mol. The van der Waals surface area contributed by atoms with Gasteiger partial charge in [-0.15, -0.1) is 10.0 Å². The number of oxime groups is 1. The van der Waals surface area contributed by atoms with Crippen LogP contribution in [0.5, 0.6) is 0 Å². The van der Waals surface area contributed by atoms with Crippen molar-refractivity contribution in [1.29, 1.82) is 0 Å². The van der Waals surface area contributed by atoms with Crippen molar-refractivity contribution in [1.82, 2.24) is 0 Å². The van der Waals surface area contributed by atoms with E-state index in [0.29, 0.717) is 11.4 Å². The molecular formula is C6H5N3O2. The van der Waals surface area contributed by atoms with Crippen molar-refractivity contribution in [2.45, 2.75) is 0 Å². The third-order valence-corrected chi connectivity index (χ3v) is 1.12. The molecule has 0 aromatic carbocycles. The van der Waals surface area contributed by atoms with Crippen LogP contribution in [0.15, 0.2) is 39.8 Å². The molecule has 1 aliphatic rings. The lowest BCUT2D eigenvalue weighted by Gasteiger charge is -1.95. The van der Waals surface area contributed by atoms with E-state index in [0.717, 1.165) is 0 Å². The Kier molecular flexibility index (Phi) is 2.27. The van der Waals surface area contributed by atoms with Crippen LogP contribution in [-0.2, 0) is 0 Å². The Morgan fingerprint density at radius 1 is 1.09 bits per heavy atom. The number of rotatable bonds is 1. The molecule has 11 heavy (non-hydrogen) atoms. The zero-order valence-corrected chi connectivity index (χ0v) is 5.51. The lowest BCUT2D eigenvalue weighted by atomic mass is 10.1. The van der Waals surface area contributed by atoms with Crippen molar-refractivity contribution < 1.29 is 5.21 Å². The standard InChI is InChI=1S/C6H5N3O2/c10-8-6-3-1-5(2-4-6)7-9-11/h1-4,10H. The van der Waals surface area contributed by atoms with Gasteiger partial charge in [0.25, 0.3) is 0 Å². The Morgan fingerprint density at radius 2 is 1.64 bits per heavy atom. The second-order valence-electron chi connectivity index (χ2n) is 1.80. The first-order valence-corrected chi connectivity index (χ1v) is 2.85. The molecule has 0 heterocycles. The van der Waals surface area contributed by atoms with E-state index in [1.807, 2.05) is 0 Å². The van der Waals surface area contributed by atoms with E-state index in [4.69, 9.17) is 5.21 Å². The lowest BCUT2D eigenvalue weighted by molar-refractivity contribution is 0.320. The Bertz CT molecular complexity index is 258. The topological polar surface area (TPSA) is 74.4 Å². The van der Waals surface area contributed by atoms with Crippen molar-refractivity contribution in [3.05, 3.63) is 29.2 Å². The summed E-state index contributed by atoms with van der Waals surface area (Å²) >= 11 is 0. The largest absolute Gasteiger partial charge is 0.410 e. The minimum absolute atomic E-state index is 0.412. The first-order valence-electron chi connectivity index (χ1n) is 2.85. The van der Waals surface area contributed by atoms with Crippen LogP contribution in [0, 0.1) is 4.91 Å². The third kappa shape index (κ3) is 1.82. The molecule has 5 heteroatoms. The van der Waals surface area contributed by atoms with Crippen LogP contribution in [0.2, 0.25) is 0 Å². The number of hydrogen-bond donors (Lipinski definition) is 1. The number of allylic oxidation sites excluding steroid dienone is 4. The Balaban J connectivity index is 2.80. The Morgan fingerprint density at radius 3 is 2.09 bits per heavy atom. The van der Waals surface area contributed by atoms with E-state index in [9.17, 15) is 4.91 Å². The minimum Gasteiger partial charge on any atom is -0.410 e. The van der Waals surface area contributed by atoms with Gasteiger partial charge in [0.2, 0.25) is 0 Å². The highest BCUT2D eigenvalue weighted by atomic mass is 16.4. The molecule has 1 N–H and O–H groups in total. The van der Waals surface area contributed by atoms with Gasteiger partial charge in [0, 0.05) is 0 Å². The molecule has 0 saturated carbocycles. The lowest BCUT2D eigenvalue weighted by Crippen LogP contribution is -1.98. The minimum atomic E-state index is 0.412. The number of nitrogens with zero attached hydrogens (tertiary/aromatic N) is 3. The first kappa shape index (κ1) is 7.33. The highest BCUT2D eigenvalue weighted by Gasteiger charge is 1.97. The summed E-state index contributed by atoms with van der Waals surface area (Å²) < 4.78 is 0. The van der Waals surface area contributed by atoms with Crippen LogP contribution in [0.3, 0.4) is 0 Å². The fourth-order valence-electron chi connectivity index (χ4n) is 0.633. The average molecular weight is 151 g/mol. The van der Waals surface area contributed by atoms with E-state index >= 15 is 0 Å². The van der Waals surface area contributed by atoms with Gasteiger partial charge >= 0.3 is 0 Å². The van der Waals surface area contributed by atoms with Crippen LogP contribution < -0.4 is 0 Å². The van der Waals surface area contributed by atoms with Crippen LogP contribution in [0.1, 0.15) is 0 Å². The molecule has 0 bridgehead atoms. The maximum absolute atomic E-state index is 9.64. The monoisotopic (exact) mass is 151 g/mol. The van der Waals surface area contributed by atoms with Gasteiger partial charge in [-0.1, -0.05) is 5.16 Å². The van der Waals surface area contributed by atoms with Crippen molar-refractivity contribution in [3.63, 3.8) is 0 Å². The summed E-state index contributed by atoms with van der Waals surface area (Å²) in [4.78, 5) is 9.64. The highest BCUT2D eigenvalue weighted by molar-refractivity contribution is 6.18. The SMILES string of the molecule is O=NN=C1C=CC(=NO)C=C1. The van der Waals surface area contributed by atoms with Gasteiger partial charge in [-0.05, 0) is 24.3 Å². The molecule has 0 spiro atoms. The summed E-state index contributed by atoms with van der Waals surface area (Å²) in [5.41, 5.74) is 0.849. The molecule has 0 amide bonds. The molecule has 0 aromatic heterocycles. The molecule has 56 valence electrons. The summed E-state index contributed by atoms with van der Waals surface area (Å²) in [6.45, 7) is 0. The zero-order chi connectivity index (χ0) is 8.10. The van der Waals surface area contributed by atoms with Gasteiger partial charge in [-0.25, -0.2) is 0 Å². The predicted molar refractivity (Wildman–Crippen MR) is 40.7 cm³/mol. The molecule has 0 aliphatic heterocycles. The summed E-state index contributed by atoms with van der Waals surface area (Å²) in [6, 6.07) is 0. The van der Waals surface area contributed by atoms with Crippen molar-refractivity contribution in [2.75, 3.05) is 0 Å². The molecule has 0 atom stereocenters. The summed E-state index contributed by atoms with van der Waals surface area (Å²) in [5.74, 6) is 0. The van der Waals surface area contributed by atoms with E-state index in [1.165, 1.54) is 24.3 Å². The van der Waals surface area contributed by atoms with Gasteiger partial charge in [-0.2, -0.15) is 0 Å². The summed E-state index contributed by atoms with van der Waals surface area (Å²) in [7, 11) is 0. The first-order chi connectivity index (χ1) is 5.36. The molecule has 1 aliphatic carbocycles. The van der Waals surface area contributed by atoms with Gasteiger partial charge in [0.1, 0.15) is 5.71 Å². The fourth-order valence-corrected chi connectivity index (χ4v) is 0.633. The maximum Gasteiger partial charge on any atom is 0.102 e. The second-order valence-corrected chi connectivity index (χ2v) is 1.80. The van der Waals surface area contributed by atoms with E-state index in [1.54, 1.807) is 0 Å². The normalized spacial score (nSPS) is 14.9. The quantitative estimate of drug-likeness (QED) is 0.263. The molecule has 1 rings (SSSR count). The van der Waals surface area contributed by atoms with Crippen LogP contribution in [0.25, 0.3) is 0 Å². The molecule has 5 nitrogen and oxygen atoms in total. The van der Waals surface area contributed by atoms with Crippen LogP contribution in [-0.4, -0.2) is 16.6 Å². The zero-order valence-electron chi connectivity index (χ0n) is 5.51. The van der Waals surface area contributed by atoms with Gasteiger partial charge in [0.05, 0.1) is 11.0 Å². The average Bonchev–Trinajstić information content (AvgIpc) is 2.07. The second kappa shape index (κ2) is 3.40. The van der Waals surface area contributed by atoms with Gasteiger partial charge in [0.15, 0.2) is 0 Å². The fraction of sp³-hybridized carbons (Fsp3) is 0. The van der Waals surface area contributed by atoms with Gasteiger partial charge in [-0.3, -0.25) is 0 Å². The molecule has 0 aromatic rings. The Hall–Kier alpha value is -1.78. The molecule has 0 unspecified atom stereocenters. The predicted octanol–water partition coefficient (Wildman–Crippen LogP) is 1.06. The van der Waals surface area contributed by atoms with E-state index in [-0.39, 0.29) is 0 Å². The van der Waals surface area contributed by atoms with Crippen molar-refractivity contribution in [3.8, 4) is 0 Å². The number of nitroso groups, excluding NO2 is 1. The van der Waals surface area contributed by atoms with Gasteiger partial charge < -0.3 is 5.21 Å². The number of hydrogen-bond acceptors (Lipinski definition) is 4. The third-order valence-electron chi connectivity index (χ3n) is 1.12. The van der Waals surface area contributed by atoms with E-state index < -0.39 is 0 Å². The maximum atomic E-state index is 9.64. The molecule has 0 fully saturated rings. The van der Waals surface area contributed by atoms with Crippen molar-refractivity contribution in [2.24, 2.45) is 15.5 Å².